The van der Waals surface area contributed by atoms with E-state index < -0.39 is 0 Å². The minimum absolute atomic E-state index is 0.0258. The second-order valence-corrected chi connectivity index (χ2v) is 11.9. The lowest BCUT2D eigenvalue weighted by Crippen LogP contribution is -2.36. The minimum atomic E-state index is 0.0258. The molecule has 5 aromatic rings. The third-order valence-electron chi connectivity index (χ3n) is 6.13. The Kier molecular flexibility index (Phi) is 6.54. The monoisotopic (exact) mass is 565 g/mol. The van der Waals surface area contributed by atoms with E-state index in [1.54, 1.807) is 23.1 Å². The van der Waals surface area contributed by atoms with Crippen molar-refractivity contribution in [3.05, 3.63) is 102 Å². The molecule has 0 atom stereocenters. The van der Waals surface area contributed by atoms with Crippen molar-refractivity contribution in [3.8, 4) is 11.3 Å². The van der Waals surface area contributed by atoms with Gasteiger partial charge < -0.3 is 9.42 Å². The van der Waals surface area contributed by atoms with Gasteiger partial charge in [0.25, 0.3) is 10.6 Å². The SMILES string of the molecule is CCn1c(=Cc2scc[n+]2Cc2cc(-c3ccccc3)no2)sc(=C2Sc3cc(Cl)ccc3N2C)c1=O. The number of thioether (sulfide) groups is 1. The lowest BCUT2D eigenvalue weighted by molar-refractivity contribution is -0.687. The highest BCUT2D eigenvalue weighted by Crippen LogP contribution is 2.46. The quantitative estimate of drug-likeness (QED) is 0.287. The van der Waals surface area contributed by atoms with Crippen molar-refractivity contribution in [3.63, 3.8) is 0 Å². The van der Waals surface area contributed by atoms with Crippen molar-refractivity contribution >= 4 is 62.8 Å². The first-order chi connectivity index (χ1) is 18.0. The van der Waals surface area contributed by atoms with Crippen LogP contribution in [0.2, 0.25) is 5.02 Å². The molecule has 0 saturated carbocycles. The summed E-state index contributed by atoms with van der Waals surface area (Å²) in [6, 6.07) is 17.8. The average molecular weight is 566 g/mol. The molecule has 0 N–H and O–H groups in total. The van der Waals surface area contributed by atoms with Crippen molar-refractivity contribution in [2.45, 2.75) is 24.9 Å². The highest BCUT2D eigenvalue weighted by atomic mass is 35.5. The van der Waals surface area contributed by atoms with Crippen molar-refractivity contribution in [1.29, 1.82) is 0 Å². The molecule has 6 rings (SSSR count). The number of hydrogen-bond acceptors (Lipinski definition) is 7. The van der Waals surface area contributed by atoms with Crippen LogP contribution in [0.5, 0.6) is 0 Å². The largest absolute Gasteiger partial charge is 0.354 e. The number of thiazole rings is 2. The van der Waals surface area contributed by atoms with Crippen molar-refractivity contribution < 1.29 is 9.09 Å². The maximum Gasteiger partial charge on any atom is 0.271 e. The third-order valence-corrected chi connectivity index (χ3v) is 9.68. The van der Waals surface area contributed by atoms with Crippen LogP contribution >= 0.6 is 46.0 Å². The van der Waals surface area contributed by atoms with Crippen molar-refractivity contribution in [2.75, 3.05) is 11.9 Å². The highest BCUT2D eigenvalue weighted by molar-refractivity contribution is 8.08. The number of halogens is 1. The Balaban J connectivity index is 1.37. The maximum atomic E-state index is 13.5. The molecule has 186 valence electrons. The Labute approximate surface area is 230 Å². The molecule has 4 heterocycles. The van der Waals surface area contributed by atoms with Gasteiger partial charge in [0.05, 0.1) is 17.1 Å². The highest BCUT2D eigenvalue weighted by Gasteiger charge is 2.25. The zero-order valence-corrected chi connectivity index (χ0v) is 23.3. The van der Waals surface area contributed by atoms with E-state index in [2.05, 4.69) is 20.7 Å². The predicted molar refractivity (Wildman–Crippen MR) is 152 cm³/mol. The van der Waals surface area contributed by atoms with Crippen molar-refractivity contribution in [2.24, 2.45) is 0 Å². The molecule has 0 bridgehead atoms. The van der Waals surface area contributed by atoms with E-state index in [1.807, 2.05) is 84.7 Å². The molecule has 0 saturated heterocycles. The van der Waals surface area contributed by atoms with Crippen LogP contribution < -0.4 is 24.2 Å². The first kappa shape index (κ1) is 24.2. The number of fused-ring (bicyclic) bond motifs is 1. The zero-order chi connectivity index (χ0) is 25.5. The maximum absolute atomic E-state index is 13.5. The van der Waals surface area contributed by atoms with Gasteiger partial charge in [-0.2, -0.15) is 4.57 Å². The van der Waals surface area contributed by atoms with Gasteiger partial charge in [-0.3, -0.25) is 9.36 Å². The summed E-state index contributed by atoms with van der Waals surface area (Å²) in [7, 11) is 2.00. The molecule has 0 spiro atoms. The first-order valence-corrected chi connectivity index (χ1v) is 14.6. The third kappa shape index (κ3) is 4.57. The molecule has 0 unspecified atom stereocenters. The second-order valence-electron chi connectivity index (χ2n) is 8.46. The van der Waals surface area contributed by atoms with Crippen LogP contribution in [0.3, 0.4) is 0 Å². The Morgan fingerprint density at radius 2 is 2.00 bits per heavy atom. The molecular formula is C27H22ClN4O2S3+. The number of nitrogens with zero attached hydrogens (tertiary/aromatic N) is 4. The molecule has 0 fully saturated rings. The zero-order valence-electron chi connectivity index (χ0n) is 20.1. The van der Waals surface area contributed by atoms with Gasteiger partial charge in [-0.15, -0.1) is 11.3 Å². The molecule has 0 amide bonds. The summed E-state index contributed by atoms with van der Waals surface area (Å²) in [6.07, 6.45) is 4.11. The number of anilines is 1. The summed E-state index contributed by atoms with van der Waals surface area (Å²) in [5, 5.41) is 8.93. The molecular weight excluding hydrogens is 544 g/mol. The lowest BCUT2D eigenvalue weighted by Gasteiger charge is -2.12. The van der Waals surface area contributed by atoms with E-state index in [0.717, 1.165) is 46.8 Å². The molecule has 0 aliphatic carbocycles. The van der Waals surface area contributed by atoms with E-state index in [0.29, 0.717) is 18.1 Å². The minimum Gasteiger partial charge on any atom is -0.354 e. The summed E-state index contributed by atoms with van der Waals surface area (Å²) in [6.45, 7) is 3.15. The topological polar surface area (TPSA) is 55.2 Å². The van der Waals surface area contributed by atoms with Crippen LogP contribution in [0, 0.1) is 0 Å². The van der Waals surface area contributed by atoms with Gasteiger partial charge in [0.2, 0.25) is 12.3 Å². The van der Waals surface area contributed by atoms with Crippen LogP contribution in [-0.4, -0.2) is 16.8 Å². The van der Waals surface area contributed by atoms with Gasteiger partial charge in [-0.05, 0) is 25.1 Å². The summed E-state index contributed by atoms with van der Waals surface area (Å²) in [4.78, 5) is 16.6. The smallest absolute Gasteiger partial charge is 0.271 e. The first-order valence-electron chi connectivity index (χ1n) is 11.7. The average Bonchev–Trinajstić information content (AvgIpc) is 3.68. The fraction of sp³-hybridized carbons (Fsp3) is 0.148. The molecule has 3 aromatic heterocycles. The van der Waals surface area contributed by atoms with Gasteiger partial charge in [0.1, 0.15) is 19.9 Å². The molecule has 0 radical (unpaired) electrons. The van der Waals surface area contributed by atoms with Crippen LogP contribution in [0.25, 0.3) is 22.4 Å². The van der Waals surface area contributed by atoms with Gasteiger partial charge in [0, 0.05) is 35.1 Å². The normalized spacial score (nSPS) is 15.0. The van der Waals surface area contributed by atoms with Gasteiger partial charge >= 0.3 is 0 Å². The standard InChI is InChI=1S/C27H22ClN4O2S3/c1-3-32-24(37-25(26(32)33)27-30(2)21-10-9-18(28)13-22(21)36-27)15-23-31(11-12-35-23)16-19-14-20(29-34-19)17-7-5-4-6-8-17/h4-15H,3,16H2,1-2H3/q+1. The van der Waals surface area contributed by atoms with Crippen LogP contribution in [0.4, 0.5) is 5.69 Å². The van der Waals surface area contributed by atoms with Crippen LogP contribution in [-0.2, 0) is 13.1 Å². The molecule has 6 nitrogen and oxygen atoms in total. The van der Waals surface area contributed by atoms with Crippen LogP contribution in [0.1, 0.15) is 17.7 Å². The predicted octanol–water partition coefficient (Wildman–Crippen LogP) is 4.77. The molecule has 10 heteroatoms. The van der Waals surface area contributed by atoms with E-state index in [1.165, 1.54) is 11.3 Å². The number of hydrogen-bond donors (Lipinski definition) is 0. The molecule has 2 aromatic carbocycles. The lowest BCUT2D eigenvalue weighted by atomic mass is 10.1. The Hall–Kier alpha value is -3.11. The number of aromatic nitrogens is 3. The van der Waals surface area contributed by atoms with E-state index in [9.17, 15) is 4.79 Å². The Bertz CT molecular complexity index is 1790. The number of benzene rings is 2. The summed E-state index contributed by atoms with van der Waals surface area (Å²) in [5.41, 5.74) is 2.92. The van der Waals surface area contributed by atoms with E-state index in [4.69, 9.17) is 16.1 Å². The van der Waals surface area contributed by atoms with Gasteiger partial charge in [0.15, 0.2) is 6.20 Å². The molecule has 37 heavy (non-hydrogen) atoms. The van der Waals surface area contributed by atoms with E-state index >= 15 is 0 Å². The Morgan fingerprint density at radius 3 is 2.81 bits per heavy atom. The van der Waals surface area contributed by atoms with Gasteiger partial charge in [-0.25, -0.2) is 0 Å². The second kappa shape index (κ2) is 9.98. The summed E-state index contributed by atoms with van der Waals surface area (Å²) >= 11 is 10.9. The van der Waals surface area contributed by atoms with Crippen molar-refractivity contribution in [1.82, 2.24) is 9.72 Å². The Morgan fingerprint density at radius 1 is 1.16 bits per heavy atom. The summed E-state index contributed by atoms with van der Waals surface area (Å²) in [5.74, 6) is 0.771. The fourth-order valence-corrected chi connectivity index (χ4v) is 7.86. The molecule has 1 aliphatic heterocycles. The van der Waals surface area contributed by atoms with Crippen LogP contribution in [0.15, 0.2) is 80.4 Å². The number of rotatable bonds is 5. The summed E-state index contributed by atoms with van der Waals surface area (Å²) < 4.78 is 11.2. The fourth-order valence-electron chi connectivity index (χ4n) is 4.26. The molecule has 1 aliphatic rings. The van der Waals surface area contributed by atoms with E-state index in [-0.39, 0.29) is 5.56 Å². The van der Waals surface area contributed by atoms with Gasteiger partial charge in [-0.1, -0.05) is 70.2 Å².